The predicted molar refractivity (Wildman–Crippen MR) is 97.6 cm³/mol. The number of hydrogen-bond acceptors (Lipinski definition) is 5. The van der Waals surface area contributed by atoms with Gasteiger partial charge in [-0.05, 0) is 30.3 Å². The van der Waals surface area contributed by atoms with Gasteiger partial charge in [0.1, 0.15) is 23.1 Å². The maximum Gasteiger partial charge on any atom is 0.258 e. The SMILES string of the molecule is COc1ccc(Cl)cc1NC(=O)c1cnc(Nc2c(F)cccc2F)nc1. The summed E-state index contributed by atoms with van der Waals surface area (Å²) in [6, 6.07) is 8.23. The second kappa shape index (κ2) is 7.96. The standard InChI is InChI=1S/C18H13ClF2N4O2/c1-27-15-6-5-11(19)7-14(15)24-17(26)10-8-22-18(23-9-10)25-16-12(20)3-2-4-13(16)21/h2-9H,1H3,(H,24,26)(H,22,23,25). The van der Waals surface area contributed by atoms with Crippen LogP contribution < -0.4 is 15.4 Å². The minimum Gasteiger partial charge on any atom is -0.495 e. The second-order valence-electron chi connectivity index (χ2n) is 5.32. The molecule has 3 aromatic rings. The number of methoxy groups -OCH3 is 1. The van der Waals surface area contributed by atoms with Crippen molar-refractivity contribution in [3.05, 3.63) is 71.0 Å². The van der Waals surface area contributed by atoms with Gasteiger partial charge in [-0.1, -0.05) is 17.7 Å². The van der Waals surface area contributed by atoms with Gasteiger partial charge in [0.15, 0.2) is 0 Å². The largest absolute Gasteiger partial charge is 0.495 e. The zero-order chi connectivity index (χ0) is 19.4. The van der Waals surface area contributed by atoms with Crippen molar-refractivity contribution in [3.63, 3.8) is 0 Å². The van der Waals surface area contributed by atoms with Crippen LogP contribution in [0.2, 0.25) is 5.02 Å². The van der Waals surface area contributed by atoms with E-state index in [1.807, 2.05) is 0 Å². The highest BCUT2D eigenvalue weighted by Gasteiger charge is 2.13. The van der Waals surface area contributed by atoms with Crippen LogP contribution in [0, 0.1) is 11.6 Å². The molecule has 0 bridgehead atoms. The molecule has 138 valence electrons. The van der Waals surface area contributed by atoms with E-state index in [4.69, 9.17) is 16.3 Å². The Balaban J connectivity index is 1.75. The summed E-state index contributed by atoms with van der Waals surface area (Å²) in [5, 5.41) is 5.50. The van der Waals surface area contributed by atoms with Crippen molar-refractivity contribution < 1.29 is 18.3 Å². The van der Waals surface area contributed by atoms with Crippen LogP contribution in [-0.2, 0) is 0 Å². The number of ether oxygens (including phenoxy) is 1. The van der Waals surface area contributed by atoms with Crippen LogP contribution in [0.4, 0.5) is 26.1 Å². The van der Waals surface area contributed by atoms with E-state index in [-0.39, 0.29) is 17.2 Å². The van der Waals surface area contributed by atoms with Crippen molar-refractivity contribution in [3.8, 4) is 5.75 Å². The molecule has 0 fully saturated rings. The molecule has 1 amide bonds. The molecule has 3 rings (SSSR count). The van der Waals surface area contributed by atoms with Gasteiger partial charge >= 0.3 is 0 Å². The topological polar surface area (TPSA) is 76.1 Å². The summed E-state index contributed by atoms with van der Waals surface area (Å²) in [5.74, 6) is -1.70. The van der Waals surface area contributed by atoms with Crippen LogP contribution in [-0.4, -0.2) is 23.0 Å². The molecule has 2 aromatic carbocycles. The van der Waals surface area contributed by atoms with Crippen LogP contribution in [0.15, 0.2) is 48.8 Å². The first-order chi connectivity index (χ1) is 13.0. The first kappa shape index (κ1) is 18.5. The van der Waals surface area contributed by atoms with Gasteiger partial charge in [-0.3, -0.25) is 4.79 Å². The second-order valence-corrected chi connectivity index (χ2v) is 5.75. The molecule has 1 heterocycles. The monoisotopic (exact) mass is 390 g/mol. The molecule has 0 spiro atoms. The summed E-state index contributed by atoms with van der Waals surface area (Å²) in [4.78, 5) is 20.2. The summed E-state index contributed by atoms with van der Waals surface area (Å²) >= 11 is 5.93. The lowest BCUT2D eigenvalue weighted by Gasteiger charge is -2.11. The van der Waals surface area contributed by atoms with Crippen molar-refractivity contribution in [1.29, 1.82) is 0 Å². The summed E-state index contributed by atoms with van der Waals surface area (Å²) in [7, 11) is 1.46. The Kier molecular flexibility index (Phi) is 5.46. The molecule has 0 aliphatic heterocycles. The minimum absolute atomic E-state index is 0.0594. The number of amides is 1. The first-order valence-corrected chi connectivity index (χ1v) is 8.03. The predicted octanol–water partition coefficient (Wildman–Crippen LogP) is 4.41. The van der Waals surface area contributed by atoms with Crippen molar-refractivity contribution in [2.24, 2.45) is 0 Å². The Morgan fingerprint density at radius 2 is 1.78 bits per heavy atom. The van der Waals surface area contributed by atoms with Crippen LogP contribution in [0.1, 0.15) is 10.4 Å². The Morgan fingerprint density at radius 1 is 1.11 bits per heavy atom. The van der Waals surface area contributed by atoms with Crippen molar-refractivity contribution in [2.75, 3.05) is 17.7 Å². The number of nitrogens with one attached hydrogen (secondary N) is 2. The molecule has 0 unspecified atom stereocenters. The molecule has 6 nitrogen and oxygen atoms in total. The molecule has 0 atom stereocenters. The zero-order valence-corrected chi connectivity index (χ0v) is 14.7. The molecule has 27 heavy (non-hydrogen) atoms. The Labute approximate surface area is 158 Å². The quantitative estimate of drug-likeness (QED) is 0.674. The Morgan fingerprint density at radius 3 is 2.41 bits per heavy atom. The van der Waals surface area contributed by atoms with Gasteiger partial charge in [-0.15, -0.1) is 0 Å². The number of rotatable bonds is 5. The Hall–Kier alpha value is -3.26. The number of carbonyl (C=O) groups is 1. The number of nitrogens with zero attached hydrogens (tertiary/aromatic N) is 2. The van der Waals surface area contributed by atoms with Gasteiger partial charge in [0.05, 0.1) is 18.4 Å². The zero-order valence-electron chi connectivity index (χ0n) is 14.0. The molecule has 0 saturated heterocycles. The molecule has 0 radical (unpaired) electrons. The van der Waals surface area contributed by atoms with E-state index >= 15 is 0 Å². The molecule has 9 heteroatoms. The van der Waals surface area contributed by atoms with E-state index in [1.165, 1.54) is 31.6 Å². The summed E-state index contributed by atoms with van der Waals surface area (Å²) in [6.45, 7) is 0. The van der Waals surface area contributed by atoms with Crippen LogP contribution in [0.5, 0.6) is 5.75 Å². The Bertz CT molecular complexity index is 963. The molecule has 1 aromatic heterocycles. The fraction of sp³-hybridized carbons (Fsp3) is 0.0556. The number of carbonyl (C=O) groups excluding carboxylic acids is 1. The van der Waals surface area contributed by atoms with E-state index in [2.05, 4.69) is 20.6 Å². The maximum atomic E-state index is 13.6. The average Bonchev–Trinajstić information content (AvgIpc) is 2.65. The number of benzene rings is 2. The molecular formula is C18H13ClF2N4O2. The highest BCUT2D eigenvalue weighted by Crippen LogP contribution is 2.28. The third-order valence-corrected chi connectivity index (χ3v) is 3.76. The average molecular weight is 391 g/mol. The van der Waals surface area contributed by atoms with Crippen LogP contribution in [0.25, 0.3) is 0 Å². The molecule has 0 saturated carbocycles. The summed E-state index contributed by atoms with van der Waals surface area (Å²) in [5.41, 5.74) is 0.139. The lowest BCUT2D eigenvalue weighted by molar-refractivity contribution is 0.102. The van der Waals surface area contributed by atoms with E-state index in [0.717, 1.165) is 12.1 Å². The lowest BCUT2D eigenvalue weighted by atomic mass is 10.2. The van der Waals surface area contributed by atoms with Gasteiger partial charge in [-0.25, -0.2) is 18.7 Å². The van der Waals surface area contributed by atoms with Gasteiger partial charge < -0.3 is 15.4 Å². The maximum absolute atomic E-state index is 13.6. The molecule has 0 aliphatic rings. The third-order valence-electron chi connectivity index (χ3n) is 3.52. The first-order valence-electron chi connectivity index (χ1n) is 7.66. The van der Waals surface area contributed by atoms with Gasteiger partial charge in [-0.2, -0.15) is 0 Å². The number of anilines is 3. The summed E-state index contributed by atoms with van der Waals surface area (Å²) in [6.07, 6.45) is 2.45. The van der Waals surface area contributed by atoms with Crippen molar-refractivity contribution in [2.45, 2.75) is 0 Å². The highest BCUT2D eigenvalue weighted by molar-refractivity contribution is 6.31. The van der Waals surface area contributed by atoms with E-state index in [0.29, 0.717) is 16.5 Å². The molecular weight excluding hydrogens is 378 g/mol. The normalized spacial score (nSPS) is 10.4. The molecule has 0 aliphatic carbocycles. The van der Waals surface area contributed by atoms with Crippen molar-refractivity contribution in [1.82, 2.24) is 9.97 Å². The van der Waals surface area contributed by atoms with E-state index in [1.54, 1.807) is 12.1 Å². The third kappa shape index (κ3) is 4.29. The van der Waals surface area contributed by atoms with E-state index < -0.39 is 17.5 Å². The fourth-order valence-electron chi connectivity index (χ4n) is 2.21. The van der Waals surface area contributed by atoms with Crippen LogP contribution in [0.3, 0.4) is 0 Å². The molecule has 2 N–H and O–H groups in total. The van der Waals surface area contributed by atoms with Crippen molar-refractivity contribution >= 4 is 34.8 Å². The number of aromatic nitrogens is 2. The van der Waals surface area contributed by atoms with Gasteiger partial charge in [0.2, 0.25) is 5.95 Å². The number of halogens is 3. The van der Waals surface area contributed by atoms with E-state index in [9.17, 15) is 13.6 Å². The lowest BCUT2D eigenvalue weighted by Crippen LogP contribution is -2.14. The minimum atomic E-state index is -0.784. The highest BCUT2D eigenvalue weighted by atomic mass is 35.5. The van der Waals surface area contributed by atoms with Gasteiger partial charge in [0, 0.05) is 17.4 Å². The summed E-state index contributed by atoms with van der Waals surface area (Å²) < 4.78 is 32.4. The number of para-hydroxylation sites is 1. The smallest absolute Gasteiger partial charge is 0.258 e. The van der Waals surface area contributed by atoms with Crippen LogP contribution >= 0.6 is 11.6 Å². The number of hydrogen-bond donors (Lipinski definition) is 2. The van der Waals surface area contributed by atoms with Gasteiger partial charge in [0.25, 0.3) is 5.91 Å². The fourth-order valence-corrected chi connectivity index (χ4v) is 2.38.